The molecule has 4 aromatic carbocycles. The van der Waals surface area contributed by atoms with Crippen molar-refractivity contribution < 1.29 is 23.9 Å². The molecule has 260 valence electrons. The van der Waals surface area contributed by atoms with E-state index >= 15 is 0 Å². The number of aromatic nitrogens is 3. The van der Waals surface area contributed by atoms with Crippen LogP contribution in [0.1, 0.15) is 27.9 Å². The van der Waals surface area contributed by atoms with E-state index in [4.69, 9.17) is 9.47 Å². The molecule has 0 spiro atoms. The SMILES string of the molecule is O=C(CN(Cc1ccc(OCc2ccccc2)cc1)C(=O)[C@H](Cc1cnc[nH]1)NC(=O)OCc1ccccc1)NCCc1c[nH]c2ccccc12. The van der Waals surface area contributed by atoms with Crippen LogP contribution in [0.25, 0.3) is 10.9 Å². The Morgan fingerprint density at radius 1 is 0.784 bits per heavy atom. The summed E-state index contributed by atoms with van der Waals surface area (Å²) in [5.41, 5.74) is 5.41. The Hall–Kier alpha value is -6.36. The quantitative estimate of drug-likeness (QED) is 0.103. The van der Waals surface area contributed by atoms with Crippen molar-refractivity contribution in [2.24, 2.45) is 0 Å². The molecule has 1 atom stereocenters. The first-order chi connectivity index (χ1) is 25.0. The highest BCUT2D eigenvalue weighted by atomic mass is 16.5. The van der Waals surface area contributed by atoms with Gasteiger partial charge in [0.1, 0.15) is 25.0 Å². The molecule has 2 aromatic heterocycles. The number of para-hydroxylation sites is 1. The second kappa shape index (κ2) is 17.3. The van der Waals surface area contributed by atoms with E-state index in [-0.39, 0.29) is 32.0 Å². The number of imidazole rings is 1. The lowest BCUT2D eigenvalue weighted by molar-refractivity contribution is -0.138. The average molecular weight is 685 g/mol. The van der Waals surface area contributed by atoms with Crippen LogP contribution in [-0.4, -0.2) is 56.9 Å². The predicted molar refractivity (Wildman–Crippen MR) is 193 cm³/mol. The summed E-state index contributed by atoms with van der Waals surface area (Å²) in [4.78, 5) is 52.4. The minimum Gasteiger partial charge on any atom is -0.489 e. The number of carbonyl (C=O) groups excluding carboxylic acids is 3. The maximum atomic E-state index is 14.3. The van der Waals surface area contributed by atoms with Gasteiger partial charge in [0.25, 0.3) is 0 Å². The van der Waals surface area contributed by atoms with Crippen LogP contribution in [0.2, 0.25) is 0 Å². The number of hydrogen-bond donors (Lipinski definition) is 4. The highest BCUT2D eigenvalue weighted by Crippen LogP contribution is 2.19. The summed E-state index contributed by atoms with van der Waals surface area (Å²) >= 11 is 0. The zero-order valence-electron chi connectivity index (χ0n) is 28.1. The fourth-order valence-electron chi connectivity index (χ4n) is 5.71. The number of aromatic amines is 2. The van der Waals surface area contributed by atoms with Crippen molar-refractivity contribution in [2.45, 2.75) is 38.6 Å². The number of amides is 3. The molecule has 0 unspecified atom stereocenters. The summed E-state index contributed by atoms with van der Waals surface area (Å²) < 4.78 is 11.4. The Morgan fingerprint density at radius 3 is 2.22 bits per heavy atom. The Morgan fingerprint density at radius 2 is 1.49 bits per heavy atom. The minimum atomic E-state index is -1.04. The van der Waals surface area contributed by atoms with Gasteiger partial charge in [-0.3, -0.25) is 9.59 Å². The van der Waals surface area contributed by atoms with Gasteiger partial charge < -0.3 is 35.0 Å². The normalized spacial score (nSPS) is 11.5. The molecule has 2 heterocycles. The Kier molecular flexibility index (Phi) is 11.7. The molecule has 0 radical (unpaired) electrons. The van der Waals surface area contributed by atoms with Crippen molar-refractivity contribution in [3.63, 3.8) is 0 Å². The van der Waals surface area contributed by atoms with Crippen LogP contribution < -0.4 is 15.4 Å². The molecule has 51 heavy (non-hydrogen) atoms. The molecule has 3 amide bonds. The maximum absolute atomic E-state index is 14.3. The average Bonchev–Trinajstić information content (AvgIpc) is 3.84. The van der Waals surface area contributed by atoms with Gasteiger partial charge in [0.2, 0.25) is 11.8 Å². The third-order valence-corrected chi connectivity index (χ3v) is 8.36. The van der Waals surface area contributed by atoms with E-state index in [9.17, 15) is 14.4 Å². The molecular formula is C40H40N6O5. The minimum absolute atomic E-state index is 0.0406. The van der Waals surface area contributed by atoms with Crippen LogP contribution in [0, 0.1) is 0 Å². The first kappa shape index (κ1) is 34.5. The van der Waals surface area contributed by atoms with Crippen LogP contribution in [0.5, 0.6) is 5.75 Å². The van der Waals surface area contributed by atoms with E-state index < -0.39 is 18.0 Å². The van der Waals surface area contributed by atoms with Gasteiger partial charge in [0.15, 0.2) is 0 Å². The predicted octanol–water partition coefficient (Wildman–Crippen LogP) is 5.70. The van der Waals surface area contributed by atoms with Crippen molar-refractivity contribution in [3.05, 3.63) is 156 Å². The van der Waals surface area contributed by atoms with Gasteiger partial charge in [-0.15, -0.1) is 0 Å². The molecule has 0 aliphatic rings. The van der Waals surface area contributed by atoms with E-state index in [2.05, 4.69) is 25.6 Å². The molecule has 11 nitrogen and oxygen atoms in total. The summed E-state index contributed by atoms with van der Waals surface area (Å²) in [5.74, 6) is -0.0918. The number of hydrogen-bond acceptors (Lipinski definition) is 6. The lowest BCUT2D eigenvalue weighted by atomic mass is 10.1. The fraction of sp³-hybridized carbons (Fsp3) is 0.200. The smallest absolute Gasteiger partial charge is 0.408 e. The van der Waals surface area contributed by atoms with E-state index in [1.165, 1.54) is 11.2 Å². The van der Waals surface area contributed by atoms with E-state index in [0.717, 1.165) is 33.2 Å². The number of rotatable bonds is 16. The molecular weight excluding hydrogens is 644 g/mol. The number of benzene rings is 4. The van der Waals surface area contributed by atoms with E-state index in [1.807, 2.05) is 115 Å². The lowest BCUT2D eigenvalue weighted by Crippen LogP contribution is -2.52. The number of fused-ring (bicyclic) bond motifs is 1. The van der Waals surface area contributed by atoms with Gasteiger partial charge in [0.05, 0.1) is 12.9 Å². The van der Waals surface area contributed by atoms with Crippen LogP contribution in [-0.2, 0) is 46.9 Å². The largest absolute Gasteiger partial charge is 0.489 e. The summed E-state index contributed by atoms with van der Waals surface area (Å²) in [6, 6.07) is 33.5. The van der Waals surface area contributed by atoms with Gasteiger partial charge in [-0.2, -0.15) is 0 Å². The highest BCUT2D eigenvalue weighted by molar-refractivity contribution is 5.90. The Balaban J connectivity index is 1.15. The Bertz CT molecular complexity index is 2000. The number of carbonyl (C=O) groups is 3. The molecule has 0 saturated heterocycles. The summed E-state index contributed by atoms with van der Waals surface area (Å²) in [5, 5.41) is 6.80. The zero-order valence-corrected chi connectivity index (χ0v) is 28.1. The number of ether oxygens (including phenoxy) is 2. The monoisotopic (exact) mass is 684 g/mol. The van der Waals surface area contributed by atoms with Crippen molar-refractivity contribution in [1.29, 1.82) is 0 Å². The summed E-state index contributed by atoms with van der Waals surface area (Å²) in [6.45, 7) is 0.745. The van der Waals surface area contributed by atoms with Crippen molar-refractivity contribution in [3.8, 4) is 5.75 Å². The van der Waals surface area contributed by atoms with E-state index in [1.54, 1.807) is 6.20 Å². The first-order valence-electron chi connectivity index (χ1n) is 16.8. The molecule has 4 N–H and O–H groups in total. The first-order valence-corrected chi connectivity index (χ1v) is 16.8. The third kappa shape index (κ3) is 10.1. The summed E-state index contributed by atoms with van der Waals surface area (Å²) in [7, 11) is 0. The lowest BCUT2D eigenvalue weighted by Gasteiger charge is -2.27. The third-order valence-electron chi connectivity index (χ3n) is 8.36. The van der Waals surface area contributed by atoms with Gasteiger partial charge in [-0.1, -0.05) is 91.0 Å². The number of alkyl carbamates (subject to hydrolysis) is 1. The van der Waals surface area contributed by atoms with Crippen LogP contribution in [0.4, 0.5) is 4.79 Å². The van der Waals surface area contributed by atoms with Crippen molar-refractivity contribution in [2.75, 3.05) is 13.1 Å². The number of H-pyrrole nitrogens is 2. The Labute approximate surface area is 296 Å². The van der Waals surface area contributed by atoms with E-state index in [0.29, 0.717) is 31.0 Å². The van der Waals surface area contributed by atoms with Crippen molar-refractivity contribution in [1.82, 2.24) is 30.5 Å². The van der Waals surface area contributed by atoms with Crippen LogP contribution in [0.3, 0.4) is 0 Å². The van der Waals surface area contributed by atoms with Crippen LogP contribution in [0.15, 0.2) is 128 Å². The van der Waals surface area contributed by atoms with Gasteiger partial charge in [0, 0.05) is 48.5 Å². The van der Waals surface area contributed by atoms with Gasteiger partial charge in [-0.05, 0) is 46.9 Å². The van der Waals surface area contributed by atoms with Gasteiger partial charge >= 0.3 is 6.09 Å². The zero-order chi connectivity index (χ0) is 35.3. The molecule has 0 aliphatic heterocycles. The molecule has 0 saturated carbocycles. The topological polar surface area (TPSA) is 141 Å². The number of nitrogens with zero attached hydrogens (tertiary/aromatic N) is 2. The molecule has 6 rings (SSSR count). The maximum Gasteiger partial charge on any atom is 0.408 e. The second-order valence-corrected chi connectivity index (χ2v) is 12.1. The number of nitrogens with one attached hydrogen (secondary N) is 4. The van der Waals surface area contributed by atoms with Gasteiger partial charge in [-0.25, -0.2) is 9.78 Å². The van der Waals surface area contributed by atoms with Crippen molar-refractivity contribution >= 4 is 28.8 Å². The molecule has 0 fully saturated rings. The highest BCUT2D eigenvalue weighted by Gasteiger charge is 2.29. The summed E-state index contributed by atoms with van der Waals surface area (Å²) in [6.07, 6.45) is 5.02. The molecule has 6 aromatic rings. The standard InChI is InChI=1S/C40H40N6O5/c47-38(42-20-19-32-22-43-36-14-8-7-13-35(32)36)25-46(24-29-15-17-34(18-16-29)50-26-30-9-3-1-4-10-30)39(48)37(21-33-23-41-28-44-33)45-40(49)51-27-31-11-5-2-6-12-31/h1-18,22-23,28,37,43H,19-21,24-27H2,(H,41,44)(H,42,47)(H,45,49)/t37-/m0/s1. The molecule has 0 aliphatic carbocycles. The second-order valence-electron chi connectivity index (χ2n) is 12.1. The fourth-order valence-corrected chi connectivity index (χ4v) is 5.71. The molecule has 11 heteroatoms. The molecule has 0 bridgehead atoms. The van der Waals surface area contributed by atoms with Crippen LogP contribution >= 0.6 is 0 Å².